The molecule has 2 N–H and O–H groups in total. The number of hydrogen-bond donors (Lipinski definition) is 2. The second kappa shape index (κ2) is 10.5. The molecular formula is C27H31N3O4. The van der Waals surface area contributed by atoms with E-state index in [4.69, 9.17) is 4.74 Å². The van der Waals surface area contributed by atoms with Crippen molar-refractivity contribution in [2.45, 2.75) is 31.6 Å². The van der Waals surface area contributed by atoms with Gasteiger partial charge in [-0.1, -0.05) is 30.3 Å². The minimum atomic E-state index is -0.770. The molecule has 0 amide bonds. The van der Waals surface area contributed by atoms with E-state index < -0.39 is 5.97 Å². The molecule has 0 saturated heterocycles. The van der Waals surface area contributed by atoms with Crippen molar-refractivity contribution in [1.82, 2.24) is 4.73 Å². The van der Waals surface area contributed by atoms with E-state index in [1.807, 2.05) is 49.3 Å². The van der Waals surface area contributed by atoms with Gasteiger partial charge in [-0.15, -0.1) is 0 Å². The van der Waals surface area contributed by atoms with Crippen molar-refractivity contribution in [3.05, 3.63) is 88.5 Å². The summed E-state index contributed by atoms with van der Waals surface area (Å²) < 4.78 is 7.01. The lowest BCUT2D eigenvalue weighted by atomic mass is 9.89. The zero-order chi connectivity index (χ0) is 24.1. The minimum absolute atomic E-state index is 0.0244. The first kappa shape index (κ1) is 23.4. The standard InChI is InChI=1S/C27H31N3O4/c1-29(2)23-10-12-30(33)26(18-23)28-11-5-13-34-24-9-8-19-14-22(17-27(31)32)25-7-4-3-6-20(25)15-21(19)16-24/h3-4,6-10,12,16,18,22,33H,5,11,13-15,17H2,1-2H3,(H,31,32)/t22-/m0/s1. The van der Waals surface area contributed by atoms with E-state index in [1.54, 1.807) is 6.20 Å². The Morgan fingerprint density at radius 1 is 1.12 bits per heavy atom. The highest BCUT2D eigenvalue weighted by molar-refractivity contribution is 5.68. The van der Waals surface area contributed by atoms with Gasteiger partial charge >= 0.3 is 5.97 Å². The molecule has 178 valence electrons. The Morgan fingerprint density at radius 3 is 2.74 bits per heavy atom. The van der Waals surface area contributed by atoms with Gasteiger partial charge < -0.3 is 20.0 Å². The highest BCUT2D eigenvalue weighted by Gasteiger charge is 2.24. The molecule has 0 fully saturated rings. The molecule has 4 rings (SSSR count). The lowest BCUT2D eigenvalue weighted by molar-refractivity contribution is -0.137. The van der Waals surface area contributed by atoms with E-state index in [-0.39, 0.29) is 12.3 Å². The average Bonchev–Trinajstić information content (AvgIpc) is 2.95. The lowest BCUT2D eigenvalue weighted by Crippen LogP contribution is -2.21. The fourth-order valence-corrected chi connectivity index (χ4v) is 4.44. The van der Waals surface area contributed by atoms with Crippen LogP contribution < -0.4 is 15.1 Å². The van der Waals surface area contributed by atoms with Crippen LogP contribution in [0.2, 0.25) is 0 Å². The Balaban J connectivity index is 1.41. The van der Waals surface area contributed by atoms with Gasteiger partial charge in [-0.25, -0.2) is 0 Å². The number of rotatable bonds is 8. The van der Waals surface area contributed by atoms with Crippen LogP contribution in [0.3, 0.4) is 0 Å². The number of anilines is 1. The Morgan fingerprint density at radius 2 is 1.94 bits per heavy atom. The van der Waals surface area contributed by atoms with Crippen molar-refractivity contribution in [2.24, 2.45) is 4.99 Å². The van der Waals surface area contributed by atoms with Crippen LogP contribution in [0.1, 0.15) is 41.0 Å². The Labute approximate surface area is 199 Å². The summed E-state index contributed by atoms with van der Waals surface area (Å²) in [7, 11) is 3.89. The molecule has 7 heteroatoms. The fourth-order valence-electron chi connectivity index (χ4n) is 4.44. The summed E-state index contributed by atoms with van der Waals surface area (Å²) in [6.07, 6.45) is 3.91. The first-order valence-corrected chi connectivity index (χ1v) is 11.5. The third-order valence-corrected chi connectivity index (χ3v) is 6.20. The molecule has 0 radical (unpaired) electrons. The zero-order valence-electron chi connectivity index (χ0n) is 19.6. The van der Waals surface area contributed by atoms with Crippen LogP contribution in [-0.2, 0) is 17.6 Å². The van der Waals surface area contributed by atoms with Gasteiger partial charge in [-0.05, 0) is 59.2 Å². The third kappa shape index (κ3) is 5.60. The number of benzene rings is 2. The van der Waals surface area contributed by atoms with E-state index >= 15 is 0 Å². The molecule has 0 bridgehead atoms. The summed E-state index contributed by atoms with van der Waals surface area (Å²) in [5, 5.41) is 19.4. The van der Waals surface area contributed by atoms with Crippen LogP contribution >= 0.6 is 0 Å². The van der Waals surface area contributed by atoms with E-state index in [9.17, 15) is 15.1 Å². The second-order valence-corrected chi connectivity index (χ2v) is 8.87. The Kier molecular flexibility index (Phi) is 7.21. The van der Waals surface area contributed by atoms with Crippen LogP contribution in [-0.4, -0.2) is 48.3 Å². The molecule has 1 heterocycles. The van der Waals surface area contributed by atoms with Crippen LogP contribution in [0.25, 0.3) is 0 Å². The smallest absolute Gasteiger partial charge is 0.303 e. The van der Waals surface area contributed by atoms with E-state index in [0.29, 0.717) is 31.5 Å². The molecule has 7 nitrogen and oxygen atoms in total. The highest BCUT2D eigenvalue weighted by Crippen LogP contribution is 2.35. The molecule has 0 aliphatic heterocycles. The van der Waals surface area contributed by atoms with Gasteiger partial charge in [0.25, 0.3) is 0 Å². The molecule has 0 saturated carbocycles. The van der Waals surface area contributed by atoms with Gasteiger partial charge in [-0.3, -0.25) is 9.79 Å². The summed E-state index contributed by atoms with van der Waals surface area (Å²) in [5.74, 6) is 0.0112. The van der Waals surface area contributed by atoms with Crippen LogP contribution in [0.15, 0.2) is 65.8 Å². The number of fused-ring (bicyclic) bond motifs is 2. The monoisotopic (exact) mass is 461 g/mol. The zero-order valence-corrected chi connectivity index (χ0v) is 19.6. The van der Waals surface area contributed by atoms with Crippen molar-refractivity contribution >= 4 is 11.7 Å². The third-order valence-electron chi connectivity index (χ3n) is 6.20. The number of aromatic nitrogens is 1. The van der Waals surface area contributed by atoms with Crippen molar-refractivity contribution in [2.75, 3.05) is 32.1 Å². The molecule has 0 unspecified atom stereocenters. The van der Waals surface area contributed by atoms with Gasteiger partial charge in [0, 0.05) is 45.0 Å². The van der Waals surface area contributed by atoms with Crippen molar-refractivity contribution in [3.63, 3.8) is 0 Å². The number of carboxylic acid groups (broad SMARTS) is 1. The number of aliphatic carboxylic acids is 1. The van der Waals surface area contributed by atoms with Gasteiger partial charge in [0.1, 0.15) is 5.75 Å². The largest absolute Gasteiger partial charge is 0.494 e. The molecule has 1 aliphatic carbocycles. The van der Waals surface area contributed by atoms with Gasteiger partial charge in [0.15, 0.2) is 5.49 Å². The van der Waals surface area contributed by atoms with Crippen LogP contribution in [0.5, 0.6) is 5.75 Å². The number of pyridine rings is 1. The topological polar surface area (TPSA) is 87.3 Å². The maximum atomic E-state index is 11.4. The second-order valence-electron chi connectivity index (χ2n) is 8.87. The lowest BCUT2D eigenvalue weighted by Gasteiger charge is -2.16. The van der Waals surface area contributed by atoms with Crippen molar-refractivity contribution in [1.29, 1.82) is 0 Å². The van der Waals surface area contributed by atoms with Gasteiger partial charge in [0.05, 0.1) is 13.0 Å². The molecule has 1 aliphatic rings. The predicted octanol–water partition coefficient (Wildman–Crippen LogP) is 3.87. The first-order valence-electron chi connectivity index (χ1n) is 11.5. The number of hydrogen-bond acceptors (Lipinski definition) is 5. The van der Waals surface area contributed by atoms with E-state index in [2.05, 4.69) is 29.3 Å². The molecule has 2 aromatic carbocycles. The molecule has 34 heavy (non-hydrogen) atoms. The molecule has 1 aromatic heterocycles. The summed E-state index contributed by atoms with van der Waals surface area (Å²) in [4.78, 5) is 17.9. The number of ether oxygens (including phenoxy) is 1. The van der Waals surface area contributed by atoms with Crippen molar-refractivity contribution in [3.8, 4) is 5.75 Å². The summed E-state index contributed by atoms with van der Waals surface area (Å²) in [6.45, 7) is 1.05. The van der Waals surface area contributed by atoms with E-state index in [1.165, 1.54) is 16.7 Å². The normalized spacial score (nSPS) is 15.2. The SMILES string of the molecule is CN(C)c1ccn(O)c(=NCCCOc2ccc3c(c2)Cc2ccccc2[C@H](CC(=O)O)C3)c1. The first-order chi connectivity index (χ1) is 16.4. The molecule has 3 aromatic rings. The highest BCUT2D eigenvalue weighted by atomic mass is 16.5. The van der Waals surface area contributed by atoms with Crippen LogP contribution in [0, 0.1) is 0 Å². The minimum Gasteiger partial charge on any atom is -0.494 e. The van der Waals surface area contributed by atoms with Crippen molar-refractivity contribution < 1.29 is 19.8 Å². The summed E-state index contributed by atoms with van der Waals surface area (Å²) in [6, 6.07) is 17.9. The average molecular weight is 462 g/mol. The fraction of sp³-hybridized carbons (Fsp3) is 0.333. The quantitative estimate of drug-likeness (QED) is 0.393. The Hall–Kier alpha value is -3.74. The van der Waals surface area contributed by atoms with Gasteiger partial charge in [0.2, 0.25) is 0 Å². The maximum absolute atomic E-state index is 11.4. The molecule has 1 atom stereocenters. The maximum Gasteiger partial charge on any atom is 0.303 e. The number of carboxylic acids is 1. The number of nitrogens with zero attached hydrogens (tertiary/aromatic N) is 3. The number of carbonyl (C=O) groups is 1. The predicted molar refractivity (Wildman–Crippen MR) is 131 cm³/mol. The summed E-state index contributed by atoms with van der Waals surface area (Å²) >= 11 is 0. The van der Waals surface area contributed by atoms with Crippen LogP contribution in [0.4, 0.5) is 5.69 Å². The molecule has 0 spiro atoms. The van der Waals surface area contributed by atoms with Gasteiger partial charge in [-0.2, -0.15) is 4.73 Å². The Bertz CT molecular complexity index is 1230. The van der Waals surface area contributed by atoms with E-state index in [0.717, 1.165) is 28.2 Å². The summed E-state index contributed by atoms with van der Waals surface area (Å²) in [5.41, 5.74) is 6.15. The molecular weight excluding hydrogens is 430 g/mol.